The van der Waals surface area contributed by atoms with Crippen LogP contribution in [0, 0.1) is 0 Å². The Hall–Kier alpha value is -3.10. The summed E-state index contributed by atoms with van der Waals surface area (Å²) in [6.07, 6.45) is 3.39. The van der Waals surface area contributed by atoms with Gasteiger partial charge in [-0.15, -0.1) is 0 Å². The second kappa shape index (κ2) is 10.5. The van der Waals surface area contributed by atoms with Gasteiger partial charge in [0.25, 0.3) is 5.91 Å². The van der Waals surface area contributed by atoms with E-state index < -0.39 is 5.97 Å². The Kier molecular flexibility index (Phi) is 7.24. The summed E-state index contributed by atoms with van der Waals surface area (Å²) < 4.78 is 7.12. The Morgan fingerprint density at radius 1 is 0.969 bits per heavy atom. The number of hydrogen-bond donors (Lipinski definition) is 0. The maximum absolute atomic E-state index is 12.7. The van der Waals surface area contributed by atoms with E-state index in [9.17, 15) is 9.59 Å². The van der Waals surface area contributed by atoms with Crippen LogP contribution in [-0.2, 0) is 16.1 Å². The molecule has 2 heterocycles. The smallest absolute Gasteiger partial charge is 0.357 e. The number of ether oxygens (including phenoxy) is 1. The molecule has 1 amide bonds. The molecule has 0 radical (unpaired) electrons. The van der Waals surface area contributed by atoms with Gasteiger partial charge in [-0.3, -0.25) is 14.3 Å². The van der Waals surface area contributed by atoms with E-state index in [-0.39, 0.29) is 12.5 Å². The van der Waals surface area contributed by atoms with Crippen LogP contribution in [0.2, 0.25) is 0 Å². The van der Waals surface area contributed by atoms with E-state index in [1.807, 2.05) is 54.8 Å². The van der Waals surface area contributed by atoms with Gasteiger partial charge in [0.05, 0.1) is 6.20 Å². The third kappa shape index (κ3) is 5.20. The first-order valence-corrected chi connectivity index (χ1v) is 11.8. The fourth-order valence-electron chi connectivity index (χ4n) is 3.74. The Morgan fingerprint density at radius 2 is 1.62 bits per heavy atom. The number of aromatic nitrogens is 2. The molecule has 0 unspecified atom stereocenters. The molecule has 8 heteroatoms. The van der Waals surface area contributed by atoms with Crippen LogP contribution in [0.1, 0.15) is 16.1 Å². The van der Waals surface area contributed by atoms with Crippen LogP contribution in [0.3, 0.4) is 0 Å². The molecule has 1 aliphatic rings. The van der Waals surface area contributed by atoms with Crippen LogP contribution in [0.15, 0.2) is 72.0 Å². The molecule has 4 rings (SSSR count). The van der Waals surface area contributed by atoms with Gasteiger partial charge in [-0.1, -0.05) is 60.3 Å². The van der Waals surface area contributed by atoms with Crippen molar-refractivity contribution in [1.29, 1.82) is 0 Å². The minimum atomic E-state index is -0.558. The Morgan fingerprint density at radius 3 is 2.28 bits per heavy atom. The first kappa shape index (κ1) is 22.1. The van der Waals surface area contributed by atoms with E-state index in [0.29, 0.717) is 23.9 Å². The van der Waals surface area contributed by atoms with Gasteiger partial charge in [-0.2, -0.15) is 0 Å². The van der Waals surface area contributed by atoms with E-state index in [1.165, 1.54) is 23.5 Å². The Labute approximate surface area is 192 Å². The van der Waals surface area contributed by atoms with Gasteiger partial charge in [0.15, 0.2) is 17.5 Å². The van der Waals surface area contributed by atoms with Gasteiger partial charge >= 0.3 is 5.97 Å². The molecule has 7 nitrogen and oxygen atoms in total. The summed E-state index contributed by atoms with van der Waals surface area (Å²) in [5.41, 5.74) is 2.39. The lowest BCUT2D eigenvalue weighted by Crippen LogP contribution is -2.49. The van der Waals surface area contributed by atoms with E-state index in [0.717, 1.165) is 25.3 Å². The van der Waals surface area contributed by atoms with Crippen LogP contribution in [0.4, 0.5) is 0 Å². The molecule has 0 N–H and O–H groups in total. The number of para-hydroxylation sites is 1. The molecule has 32 heavy (non-hydrogen) atoms. The quantitative estimate of drug-likeness (QED) is 0.407. The van der Waals surface area contributed by atoms with Crippen LogP contribution < -0.4 is 0 Å². The minimum absolute atomic E-state index is 0.173. The standard InChI is InChI=1S/C24H26N4O3S/c1-32-24-25-16-21(28(24)20-10-6-3-7-11-20)23(30)31-18-22(29)27-14-12-26(13-15-27)17-19-8-4-2-5-9-19/h2-11,16H,12-15,17-18H2,1H3. The first-order valence-electron chi connectivity index (χ1n) is 10.5. The van der Waals surface area contributed by atoms with Gasteiger partial charge in [-0.25, -0.2) is 9.78 Å². The van der Waals surface area contributed by atoms with Gasteiger partial charge in [0, 0.05) is 38.4 Å². The topological polar surface area (TPSA) is 67.7 Å². The zero-order valence-corrected chi connectivity index (χ0v) is 18.8. The number of thioether (sulfide) groups is 1. The van der Waals surface area contributed by atoms with E-state index in [4.69, 9.17) is 4.74 Å². The van der Waals surface area contributed by atoms with Crippen molar-refractivity contribution >= 4 is 23.6 Å². The summed E-state index contributed by atoms with van der Waals surface area (Å²) in [5.74, 6) is -0.730. The molecule has 1 fully saturated rings. The zero-order chi connectivity index (χ0) is 22.3. The van der Waals surface area contributed by atoms with Crippen molar-refractivity contribution in [2.45, 2.75) is 11.7 Å². The molecular weight excluding hydrogens is 424 g/mol. The molecule has 2 aromatic carbocycles. The van der Waals surface area contributed by atoms with Gasteiger partial charge in [-0.05, 0) is 24.0 Å². The molecule has 1 aromatic heterocycles. The fraction of sp³-hybridized carbons (Fsp3) is 0.292. The third-order valence-corrected chi connectivity index (χ3v) is 6.09. The zero-order valence-electron chi connectivity index (χ0n) is 18.0. The fourth-order valence-corrected chi connectivity index (χ4v) is 4.28. The third-order valence-electron chi connectivity index (χ3n) is 5.44. The largest absolute Gasteiger partial charge is 0.451 e. The average Bonchev–Trinajstić information content (AvgIpc) is 3.28. The number of rotatable bonds is 7. The average molecular weight is 451 g/mol. The van der Waals surface area contributed by atoms with E-state index >= 15 is 0 Å². The van der Waals surface area contributed by atoms with Crippen molar-refractivity contribution in [2.75, 3.05) is 39.0 Å². The van der Waals surface area contributed by atoms with Crippen LogP contribution >= 0.6 is 11.8 Å². The van der Waals surface area contributed by atoms with Crippen molar-refractivity contribution in [3.05, 3.63) is 78.1 Å². The highest BCUT2D eigenvalue weighted by Gasteiger charge is 2.24. The Bertz CT molecular complexity index is 1050. The SMILES string of the molecule is CSc1ncc(C(=O)OCC(=O)N2CCN(Cc3ccccc3)CC2)n1-c1ccccc1. The maximum Gasteiger partial charge on any atom is 0.357 e. The number of hydrogen-bond acceptors (Lipinski definition) is 6. The highest BCUT2D eigenvalue weighted by Crippen LogP contribution is 2.22. The molecule has 0 bridgehead atoms. The second-order valence-electron chi connectivity index (χ2n) is 7.52. The Balaban J connectivity index is 1.31. The van der Waals surface area contributed by atoms with Crippen molar-refractivity contribution in [3.8, 4) is 5.69 Å². The number of piperazine rings is 1. The lowest BCUT2D eigenvalue weighted by molar-refractivity contribution is -0.136. The molecule has 3 aromatic rings. The monoisotopic (exact) mass is 450 g/mol. The van der Waals surface area contributed by atoms with Crippen LogP contribution in [-0.4, -0.2) is 70.3 Å². The molecule has 166 valence electrons. The summed E-state index contributed by atoms with van der Waals surface area (Å²) in [6, 6.07) is 19.8. The maximum atomic E-state index is 12.7. The first-order chi connectivity index (χ1) is 15.7. The summed E-state index contributed by atoms with van der Waals surface area (Å²) in [6.45, 7) is 3.45. The molecule has 1 saturated heterocycles. The van der Waals surface area contributed by atoms with E-state index in [1.54, 1.807) is 9.47 Å². The summed E-state index contributed by atoms with van der Waals surface area (Å²) >= 11 is 1.44. The van der Waals surface area contributed by atoms with E-state index in [2.05, 4.69) is 22.0 Å². The number of benzene rings is 2. The number of esters is 1. The number of nitrogens with zero attached hydrogens (tertiary/aromatic N) is 4. The highest BCUT2D eigenvalue weighted by molar-refractivity contribution is 7.98. The predicted molar refractivity (Wildman–Crippen MR) is 124 cm³/mol. The molecule has 0 aliphatic carbocycles. The summed E-state index contributed by atoms with van der Waals surface area (Å²) in [4.78, 5) is 33.8. The van der Waals surface area contributed by atoms with Gasteiger partial charge < -0.3 is 9.64 Å². The van der Waals surface area contributed by atoms with Crippen LogP contribution in [0.5, 0.6) is 0 Å². The van der Waals surface area contributed by atoms with Crippen molar-refractivity contribution < 1.29 is 14.3 Å². The normalized spacial score (nSPS) is 14.3. The lowest BCUT2D eigenvalue weighted by Gasteiger charge is -2.34. The molecule has 0 saturated carbocycles. The number of imidazole rings is 1. The predicted octanol–water partition coefficient (Wildman–Crippen LogP) is 3.10. The van der Waals surface area contributed by atoms with Crippen molar-refractivity contribution in [1.82, 2.24) is 19.4 Å². The minimum Gasteiger partial charge on any atom is -0.451 e. The van der Waals surface area contributed by atoms with Crippen molar-refractivity contribution in [2.24, 2.45) is 0 Å². The molecule has 1 aliphatic heterocycles. The van der Waals surface area contributed by atoms with Gasteiger partial charge in [0.2, 0.25) is 0 Å². The molecular formula is C24H26N4O3S. The molecule has 0 atom stereocenters. The lowest BCUT2D eigenvalue weighted by atomic mass is 10.2. The number of carbonyl (C=O) groups excluding carboxylic acids is 2. The highest BCUT2D eigenvalue weighted by atomic mass is 32.2. The second-order valence-corrected chi connectivity index (χ2v) is 8.29. The summed E-state index contributed by atoms with van der Waals surface area (Å²) in [5, 5.41) is 0.684. The number of amides is 1. The van der Waals surface area contributed by atoms with Crippen molar-refractivity contribution in [3.63, 3.8) is 0 Å². The summed E-state index contributed by atoms with van der Waals surface area (Å²) in [7, 11) is 0. The number of carbonyl (C=O) groups is 2. The molecule has 0 spiro atoms. The van der Waals surface area contributed by atoms with Crippen LogP contribution in [0.25, 0.3) is 5.69 Å². The van der Waals surface area contributed by atoms with Gasteiger partial charge in [0.1, 0.15) is 0 Å².